The summed E-state index contributed by atoms with van der Waals surface area (Å²) in [6.07, 6.45) is 5.79. The largest absolute Gasteiger partial charge is 0.392 e. The Labute approximate surface area is 98.9 Å². The molecule has 0 aromatic heterocycles. The summed E-state index contributed by atoms with van der Waals surface area (Å²) in [5.41, 5.74) is 2.17. The Hall–Kier alpha value is -0.300. The molecule has 0 aliphatic heterocycles. The maximum absolute atomic E-state index is 10.5. The molecule has 2 bridgehead atoms. The molecule has 1 nitrogen and oxygen atoms in total. The average Bonchev–Trinajstić information content (AvgIpc) is 2.57. The molecule has 16 heavy (non-hydrogen) atoms. The van der Waals surface area contributed by atoms with Gasteiger partial charge in [-0.1, -0.05) is 39.3 Å². The van der Waals surface area contributed by atoms with Gasteiger partial charge in [-0.05, 0) is 42.4 Å². The lowest BCUT2D eigenvalue weighted by Gasteiger charge is -2.47. The summed E-state index contributed by atoms with van der Waals surface area (Å²) in [6, 6.07) is 0. The molecule has 4 unspecified atom stereocenters. The number of fused-ring (bicyclic) bond motifs is 5. The maximum Gasteiger partial charge on any atom is 0.0636 e. The zero-order chi connectivity index (χ0) is 11.8. The first kappa shape index (κ1) is 10.8. The van der Waals surface area contributed by atoms with Crippen molar-refractivity contribution >= 4 is 0 Å². The van der Waals surface area contributed by atoms with Crippen LogP contribution in [0.1, 0.15) is 52.9 Å². The highest BCUT2D eigenvalue weighted by molar-refractivity contribution is 5.28. The Balaban J connectivity index is 2.18. The molecule has 0 radical (unpaired) electrons. The van der Waals surface area contributed by atoms with E-state index in [9.17, 15) is 5.11 Å². The van der Waals surface area contributed by atoms with Gasteiger partial charge in [0.2, 0.25) is 0 Å². The quantitative estimate of drug-likeness (QED) is 0.619. The molecule has 0 aromatic rings. The molecule has 0 saturated heterocycles. The van der Waals surface area contributed by atoms with E-state index < -0.39 is 0 Å². The first-order valence-electron chi connectivity index (χ1n) is 6.71. The van der Waals surface area contributed by atoms with Crippen molar-refractivity contribution in [3.63, 3.8) is 0 Å². The second-order valence-electron chi connectivity index (χ2n) is 7.16. The Bertz CT molecular complexity index is 360. The van der Waals surface area contributed by atoms with Crippen LogP contribution in [0.25, 0.3) is 0 Å². The van der Waals surface area contributed by atoms with Crippen LogP contribution in [0.2, 0.25) is 0 Å². The van der Waals surface area contributed by atoms with Crippen LogP contribution in [-0.4, -0.2) is 11.2 Å². The molecule has 3 fully saturated rings. The van der Waals surface area contributed by atoms with Crippen molar-refractivity contribution in [1.82, 2.24) is 0 Å². The van der Waals surface area contributed by atoms with Gasteiger partial charge in [0.1, 0.15) is 0 Å². The predicted octanol–water partition coefficient (Wildman–Crippen LogP) is 3.53. The summed E-state index contributed by atoms with van der Waals surface area (Å²) >= 11 is 0. The number of hydrogen-bond donors (Lipinski definition) is 1. The number of rotatable bonds is 0. The predicted molar refractivity (Wildman–Crippen MR) is 66.0 cm³/mol. The van der Waals surface area contributed by atoms with E-state index in [-0.39, 0.29) is 11.5 Å². The van der Waals surface area contributed by atoms with Crippen LogP contribution in [0.15, 0.2) is 12.2 Å². The third kappa shape index (κ3) is 0.860. The second kappa shape index (κ2) is 2.75. The number of aliphatic hydroxyl groups excluding tert-OH is 1. The highest BCUT2D eigenvalue weighted by atomic mass is 16.3. The monoisotopic (exact) mass is 220 g/mol. The Morgan fingerprint density at radius 1 is 1.19 bits per heavy atom. The molecular weight excluding hydrogens is 196 g/mol. The SMILES string of the molecule is C=C1C[C@H](O)C2(C)CC1C1(C)CCCC12C. The van der Waals surface area contributed by atoms with Crippen molar-refractivity contribution < 1.29 is 5.11 Å². The zero-order valence-corrected chi connectivity index (χ0v) is 10.8. The Morgan fingerprint density at radius 3 is 2.56 bits per heavy atom. The summed E-state index contributed by atoms with van der Waals surface area (Å²) < 4.78 is 0. The Kier molecular flexibility index (Phi) is 1.86. The van der Waals surface area contributed by atoms with Crippen LogP contribution in [-0.2, 0) is 0 Å². The summed E-state index contributed by atoms with van der Waals surface area (Å²) in [5.74, 6) is 0.661. The summed E-state index contributed by atoms with van der Waals surface area (Å²) in [6.45, 7) is 11.5. The molecule has 0 heterocycles. The first-order chi connectivity index (χ1) is 7.35. The fourth-order valence-corrected chi connectivity index (χ4v) is 5.46. The third-order valence-corrected chi connectivity index (χ3v) is 6.97. The molecule has 1 heteroatoms. The van der Waals surface area contributed by atoms with E-state index >= 15 is 0 Å². The fraction of sp³-hybridized carbons (Fsp3) is 0.867. The van der Waals surface area contributed by atoms with Crippen LogP contribution in [0, 0.1) is 22.2 Å². The maximum atomic E-state index is 10.5. The van der Waals surface area contributed by atoms with E-state index in [1.54, 1.807) is 0 Å². The lowest BCUT2D eigenvalue weighted by molar-refractivity contribution is -0.0600. The molecule has 1 N–H and O–H groups in total. The van der Waals surface area contributed by atoms with Gasteiger partial charge in [-0.2, -0.15) is 0 Å². The van der Waals surface area contributed by atoms with Crippen LogP contribution in [0.5, 0.6) is 0 Å². The van der Waals surface area contributed by atoms with E-state index in [1.165, 1.54) is 31.3 Å². The zero-order valence-electron chi connectivity index (χ0n) is 10.8. The van der Waals surface area contributed by atoms with E-state index in [2.05, 4.69) is 27.4 Å². The average molecular weight is 220 g/mol. The van der Waals surface area contributed by atoms with Gasteiger partial charge in [0.25, 0.3) is 0 Å². The van der Waals surface area contributed by atoms with Gasteiger partial charge in [-0.3, -0.25) is 0 Å². The summed E-state index contributed by atoms with van der Waals surface area (Å²) in [7, 11) is 0. The van der Waals surface area contributed by atoms with Crippen molar-refractivity contribution in [3.05, 3.63) is 12.2 Å². The van der Waals surface area contributed by atoms with E-state index in [0.29, 0.717) is 16.7 Å². The molecule has 0 amide bonds. The fourth-order valence-electron chi connectivity index (χ4n) is 5.46. The molecule has 3 rings (SSSR count). The molecule has 3 aliphatic rings. The van der Waals surface area contributed by atoms with Crippen molar-refractivity contribution in [2.24, 2.45) is 22.2 Å². The first-order valence-corrected chi connectivity index (χ1v) is 6.71. The van der Waals surface area contributed by atoms with Crippen LogP contribution in [0.4, 0.5) is 0 Å². The standard InChI is InChI=1S/C15H24O/c1-10-8-12(16)14(3)9-11(10)13(2)6-5-7-15(13,14)4/h11-12,16H,1,5-9H2,2-4H3/t11?,12-,13?,14?,15?/m0/s1. The smallest absolute Gasteiger partial charge is 0.0636 e. The molecule has 3 aliphatic carbocycles. The number of hydrogen-bond acceptors (Lipinski definition) is 1. The van der Waals surface area contributed by atoms with Gasteiger partial charge in [0.15, 0.2) is 0 Å². The highest BCUT2D eigenvalue weighted by Gasteiger charge is 2.70. The second-order valence-corrected chi connectivity index (χ2v) is 7.16. The van der Waals surface area contributed by atoms with E-state index in [4.69, 9.17) is 0 Å². The van der Waals surface area contributed by atoms with Gasteiger partial charge >= 0.3 is 0 Å². The highest BCUT2D eigenvalue weighted by Crippen LogP contribution is 2.76. The lowest BCUT2D eigenvalue weighted by Crippen LogP contribution is -2.45. The van der Waals surface area contributed by atoms with Gasteiger partial charge in [-0.25, -0.2) is 0 Å². The van der Waals surface area contributed by atoms with Crippen molar-refractivity contribution in [3.8, 4) is 0 Å². The molecule has 0 spiro atoms. The minimum absolute atomic E-state index is 0.129. The van der Waals surface area contributed by atoms with E-state index in [0.717, 1.165) is 6.42 Å². The summed E-state index contributed by atoms with van der Waals surface area (Å²) in [5, 5.41) is 10.5. The summed E-state index contributed by atoms with van der Waals surface area (Å²) in [4.78, 5) is 0. The minimum Gasteiger partial charge on any atom is -0.392 e. The van der Waals surface area contributed by atoms with Gasteiger partial charge in [0, 0.05) is 5.41 Å². The van der Waals surface area contributed by atoms with Gasteiger partial charge in [-0.15, -0.1) is 0 Å². The lowest BCUT2D eigenvalue weighted by atomic mass is 9.58. The topological polar surface area (TPSA) is 20.2 Å². The molecule has 3 saturated carbocycles. The van der Waals surface area contributed by atoms with Crippen LogP contribution >= 0.6 is 0 Å². The Morgan fingerprint density at radius 2 is 1.88 bits per heavy atom. The van der Waals surface area contributed by atoms with Crippen molar-refractivity contribution in [2.45, 2.75) is 59.0 Å². The van der Waals surface area contributed by atoms with Crippen LogP contribution < -0.4 is 0 Å². The minimum atomic E-state index is -0.166. The third-order valence-electron chi connectivity index (χ3n) is 6.97. The van der Waals surface area contributed by atoms with Crippen LogP contribution in [0.3, 0.4) is 0 Å². The van der Waals surface area contributed by atoms with Crippen molar-refractivity contribution in [1.29, 1.82) is 0 Å². The van der Waals surface area contributed by atoms with Crippen molar-refractivity contribution in [2.75, 3.05) is 0 Å². The number of aliphatic hydroxyl groups is 1. The molecular formula is C15H24O. The molecule has 0 aromatic carbocycles. The van der Waals surface area contributed by atoms with Gasteiger partial charge < -0.3 is 5.11 Å². The molecule has 90 valence electrons. The van der Waals surface area contributed by atoms with E-state index in [1.807, 2.05) is 0 Å². The normalized spacial score (nSPS) is 60.1. The van der Waals surface area contributed by atoms with Gasteiger partial charge in [0.05, 0.1) is 6.10 Å². The molecule has 5 atom stereocenters.